The average Bonchev–Trinajstić information content (AvgIpc) is 2.94. The molecule has 0 fully saturated rings. The molecule has 6 heteroatoms. The highest BCUT2D eigenvalue weighted by molar-refractivity contribution is 5.62. The average molecular weight is 264 g/mol. The molecule has 0 atom stereocenters. The van der Waals surface area contributed by atoms with Gasteiger partial charge >= 0.3 is 0 Å². The van der Waals surface area contributed by atoms with Gasteiger partial charge in [-0.2, -0.15) is 19.9 Å². The molecule has 2 heterocycles. The van der Waals surface area contributed by atoms with E-state index >= 15 is 0 Å². The lowest BCUT2D eigenvalue weighted by Crippen LogP contribution is -2.15. The minimum Gasteiger partial charge on any atom is -0.329 e. The first-order valence-corrected chi connectivity index (χ1v) is 6.10. The molecular formula is C14H12N6. The molecule has 0 spiro atoms. The number of hydrogen-bond donors (Lipinski definition) is 0. The van der Waals surface area contributed by atoms with E-state index in [4.69, 9.17) is 5.26 Å². The second-order valence-corrected chi connectivity index (χ2v) is 4.45. The number of fused-ring (bicyclic) bond motifs is 1. The van der Waals surface area contributed by atoms with Crippen molar-refractivity contribution in [3.05, 3.63) is 47.9 Å². The van der Waals surface area contributed by atoms with Gasteiger partial charge < -0.3 is 4.90 Å². The molecule has 0 amide bonds. The highest BCUT2D eigenvalue weighted by Crippen LogP contribution is 2.24. The molecule has 0 radical (unpaired) electrons. The van der Waals surface area contributed by atoms with Crippen LogP contribution in [0.1, 0.15) is 11.3 Å². The molecule has 2 aromatic heterocycles. The summed E-state index contributed by atoms with van der Waals surface area (Å²) in [7, 11) is 1.94. The Hall–Kier alpha value is -2.94. The maximum absolute atomic E-state index is 8.84. The topological polar surface area (TPSA) is 70.1 Å². The summed E-state index contributed by atoms with van der Waals surface area (Å²) in [5, 5.41) is 13.0. The summed E-state index contributed by atoms with van der Waals surface area (Å²) in [5.41, 5.74) is 2.48. The Morgan fingerprint density at radius 1 is 1.25 bits per heavy atom. The van der Waals surface area contributed by atoms with Crippen LogP contribution >= 0.6 is 0 Å². The third kappa shape index (κ3) is 1.95. The predicted molar refractivity (Wildman–Crippen MR) is 74.7 cm³/mol. The molecule has 0 unspecified atom stereocenters. The van der Waals surface area contributed by atoms with Crippen LogP contribution in [-0.2, 0) is 0 Å². The Kier molecular flexibility index (Phi) is 2.80. The number of aryl methyl sites for hydroxylation is 1. The van der Waals surface area contributed by atoms with Crippen LogP contribution in [0.2, 0.25) is 0 Å². The monoisotopic (exact) mass is 264 g/mol. The fraction of sp³-hybridized carbons (Fsp3) is 0.143. The molecule has 0 bridgehead atoms. The van der Waals surface area contributed by atoms with Crippen molar-refractivity contribution in [2.24, 2.45) is 0 Å². The number of nitriles is 1. The number of hydrogen-bond acceptors (Lipinski definition) is 5. The molecule has 3 aromatic rings. The summed E-state index contributed by atoms with van der Waals surface area (Å²) in [4.78, 5) is 10.4. The summed E-state index contributed by atoms with van der Waals surface area (Å²) >= 11 is 0. The number of benzene rings is 1. The van der Waals surface area contributed by atoms with Crippen LogP contribution in [0.5, 0.6) is 0 Å². The van der Waals surface area contributed by atoms with Gasteiger partial charge in [-0.05, 0) is 31.2 Å². The summed E-state index contributed by atoms with van der Waals surface area (Å²) in [6, 6.07) is 11.4. The van der Waals surface area contributed by atoms with Gasteiger partial charge in [-0.25, -0.2) is 4.98 Å². The van der Waals surface area contributed by atoms with Gasteiger partial charge in [-0.15, -0.1) is 0 Å². The van der Waals surface area contributed by atoms with E-state index in [2.05, 4.69) is 21.1 Å². The molecule has 1 aromatic carbocycles. The molecule has 20 heavy (non-hydrogen) atoms. The second kappa shape index (κ2) is 4.63. The van der Waals surface area contributed by atoms with Gasteiger partial charge in [0, 0.05) is 24.5 Å². The first kappa shape index (κ1) is 12.1. The van der Waals surface area contributed by atoms with Crippen molar-refractivity contribution >= 4 is 17.3 Å². The lowest BCUT2D eigenvalue weighted by atomic mass is 10.2. The second-order valence-electron chi connectivity index (χ2n) is 4.45. The van der Waals surface area contributed by atoms with E-state index < -0.39 is 0 Å². The Morgan fingerprint density at radius 3 is 2.70 bits per heavy atom. The van der Waals surface area contributed by atoms with Gasteiger partial charge in [-0.1, -0.05) is 0 Å². The molecule has 0 aliphatic carbocycles. The number of rotatable bonds is 2. The Bertz CT molecular complexity index is 797. The first-order valence-electron chi connectivity index (χ1n) is 6.10. The highest BCUT2D eigenvalue weighted by atomic mass is 15.4. The van der Waals surface area contributed by atoms with Gasteiger partial charge in [0.1, 0.15) is 12.1 Å². The zero-order chi connectivity index (χ0) is 14.1. The van der Waals surface area contributed by atoms with Gasteiger partial charge in [0.05, 0.1) is 11.6 Å². The number of aromatic nitrogens is 4. The zero-order valence-corrected chi connectivity index (χ0v) is 11.1. The Labute approximate surface area is 115 Å². The number of nitrogens with zero attached hydrogens (tertiary/aromatic N) is 6. The molecule has 0 aliphatic rings. The fourth-order valence-electron chi connectivity index (χ4n) is 2.04. The summed E-state index contributed by atoms with van der Waals surface area (Å²) < 4.78 is 1.69. The van der Waals surface area contributed by atoms with Crippen molar-refractivity contribution < 1.29 is 0 Å². The maximum atomic E-state index is 8.84. The van der Waals surface area contributed by atoms with E-state index in [1.54, 1.807) is 16.6 Å². The van der Waals surface area contributed by atoms with Crippen LogP contribution in [-0.4, -0.2) is 26.6 Å². The summed E-state index contributed by atoms with van der Waals surface area (Å²) in [6.07, 6.45) is 1.48. The predicted octanol–water partition coefficient (Wildman–Crippen LogP) is 2.07. The fourth-order valence-corrected chi connectivity index (χ4v) is 2.04. The van der Waals surface area contributed by atoms with Crippen LogP contribution in [0.25, 0.3) is 5.78 Å². The van der Waals surface area contributed by atoms with E-state index in [0.29, 0.717) is 11.3 Å². The van der Waals surface area contributed by atoms with Crippen molar-refractivity contribution in [1.82, 2.24) is 19.6 Å². The van der Waals surface area contributed by atoms with E-state index in [1.165, 1.54) is 6.33 Å². The minimum absolute atomic E-state index is 0.570. The molecule has 3 rings (SSSR count). The molecule has 0 saturated heterocycles. The van der Waals surface area contributed by atoms with Crippen LogP contribution < -0.4 is 4.90 Å². The minimum atomic E-state index is 0.570. The van der Waals surface area contributed by atoms with Crippen LogP contribution in [0.4, 0.5) is 11.5 Å². The van der Waals surface area contributed by atoms with Crippen molar-refractivity contribution in [1.29, 1.82) is 5.26 Å². The standard InChI is InChI=1S/C14H12N6/c1-10-7-13(20-14(18-10)16-9-17-20)19(2)12-5-3-11(8-15)4-6-12/h3-7,9H,1-2H3. The third-order valence-electron chi connectivity index (χ3n) is 3.09. The molecule has 0 saturated carbocycles. The normalized spacial score (nSPS) is 10.4. The van der Waals surface area contributed by atoms with E-state index in [0.717, 1.165) is 17.2 Å². The van der Waals surface area contributed by atoms with Gasteiger partial charge in [-0.3, -0.25) is 0 Å². The quantitative estimate of drug-likeness (QED) is 0.708. The largest absolute Gasteiger partial charge is 0.329 e. The number of anilines is 2. The van der Waals surface area contributed by atoms with Crippen LogP contribution in [0.15, 0.2) is 36.7 Å². The van der Waals surface area contributed by atoms with Crippen molar-refractivity contribution in [2.75, 3.05) is 11.9 Å². The van der Waals surface area contributed by atoms with Crippen molar-refractivity contribution in [2.45, 2.75) is 6.92 Å². The molecule has 0 aliphatic heterocycles. The third-order valence-corrected chi connectivity index (χ3v) is 3.09. The van der Waals surface area contributed by atoms with E-state index in [-0.39, 0.29) is 0 Å². The highest BCUT2D eigenvalue weighted by Gasteiger charge is 2.11. The lowest BCUT2D eigenvalue weighted by molar-refractivity contribution is 0.903. The molecule has 98 valence electrons. The van der Waals surface area contributed by atoms with E-state index in [1.807, 2.05) is 37.1 Å². The van der Waals surface area contributed by atoms with Gasteiger partial charge in [0.15, 0.2) is 0 Å². The molecular weight excluding hydrogens is 252 g/mol. The van der Waals surface area contributed by atoms with Crippen LogP contribution in [0.3, 0.4) is 0 Å². The summed E-state index contributed by atoms with van der Waals surface area (Å²) in [5.74, 6) is 1.44. The Balaban J connectivity index is 2.09. The lowest BCUT2D eigenvalue weighted by Gasteiger charge is -2.20. The smallest absolute Gasteiger partial charge is 0.254 e. The van der Waals surface area contributed by atoms with Crippen molar-refractivity contribution in [3.8, 4) is 6.07 Å². The SMILES string of the molecule is Cc1cc(N(C)c2ccc(C#N)cc2)n2ncnc2n1. The van der Waals surface area contributed by atoms with Gasteiger partial charge in [0.25, 0.3) is 5.78 Å². The molecule has 6 nitrogen and oxygen atoms in total. The Morgan fingerprint density at radius 2 is 2.00 bits per heavy atom. The van der Waals surface area contributed by atoms with Gasteiger partial charge in [0.2, 0.25) is 0 Å². The first-order chi connectivity index (χ1) is 9.69. The van der Waals surface area contributed by atoms with E-state index in [9.17, 15) is 0 Å². The maximum Gasteiger partial charge on any atom is 0.254 e. The molecule has 0 N–H and O–H groups in total. The zero-order valence-electron chi connectivity index (χ0n) is 11.1. The summed E-state index contributed by atoms with van der Waals surface area (Å²) in [6.45, 7) is 1.92. The van der Waals surface area contributed by atoms with Crippen molar-refractivity contribution in [3.63, 3.8) is 0 Å². The van der Waals surface area contributed by atoms with Crippen LogP contribution in [0, 0.1) is 18.3 Å².